The van der Waals surface area contributed by atoms with Crippen molar-refractivity contribution < 1.29 is 14.3 Å². The number of aromatic nitrogens is 3. The molecular weight excluding hydrogens is 390 g/mol. The topological polar surface area (TPSA) is 112 Å². The molecule has 0 aromatic carbocycles. The minimum Gasteiger partial charge on any atom is -0.473 e. The summed E-state index contributed by atoms with van der Waals surface area (Å²) in [6.45, 7) is 1.85. The summed E-state index contributed by atoms with van der Waals surface area (Å²) < 4.78 is 11.7. The van der Waals surface area contributed by atoms with Crippen molar-refractivity contribution in [3.05, 3.63) is 35.1 Å². The van der Waals surface area contributed by atoms with E-state index in [1.54, 1.807) is 13.3 Å². The Hall–Kier alpha value is -2.78. The van der Waals surface area contributed by atoms with Crippen LogP contribution in [0.4, 0.5) is 11.5 Å². The standard InChI is InChI=1S/C20H23N5O3S/c1-11-15-18(23-10-24-20(15)29-16(11)17(21)26)25-14-7-4-8-22-19(14)28-13-6-3-5-12(9-13)27-2/h4,7-8,10,12-13H,3,5-6,9H2,1-2H3,(H2,21,26)(H,23,24,25). The number of anilines is 2. The molecule has 0 spiro atoms. The van der Waals surface area contributed by atoms with Crippen LogP contribution in [0, 0.1) is 6.92 Å². The number of nitrogens with one attached hydrogen (secondary N) is 1. The molecule has 2 atom stereocenters. The monoisotopic (exact) mass is 413 g/mol. The van der Waals surface area contributed by atoms with E-state index in [0.717, 1.165) is 36.6 Å². The molecule has 8 nitrogen and oxygen atoms in total. The predicted octanol–water partition coefficient (Wildman–Crippen LogP) is 3.57. The summed E-state index contributed by atoms with van der Waals surface area (Å²) in [7, 11) is 1.74. The summed E-state index contributed by atoms with van der Waals surface area (Å²) in [6, 6.07) is 3.73. The highest BCUT2D eigenvalue weighted by atomic mass is 32.1. The number of hydrogen-bond acceptors (Lipinski definition) is 8. The summed E-state index contributed by atoms with van der Waals surface area (Å²) in [5, 5.41) is 4.08. The molecule has 0 radical (unpaired) electrons. The molecule has 2 unspecified atom stereocenters. The molecular formula is C20H23N5O3S. The molecule has 0 bridgehead atoms. The first kappa shape index (κ1) is 19.5. The largest absolute Gasteiger partial charge is 0.473 e. The molecule has 3 aromatic heterocycles. The number of ether oxygens (including phenoxy) is 2. The fraction of sp³-hybridized carbons (Fsp3) is 0.400. The average molecular weight is 414 g/mol. The van der Waals surface area contributed by atoms with Crippen molar-refractivity contribution in [2.75, 3.05) is 12.4 Å². The van der Waals surface area contributed by atoms with E-state index in [1.807, 2.05) is 19.1 Å². The number of aryl methyl sites for hydroxylation is 1. The van der Waals surface area contributed by atoms with Gasteiger partial charge < -0.3 is 20.5 Å². The van der Waals surface area contributed by atoms with Crippen molar-refractivity contribution in [1.82, 2.24) is 15.0 Å². The van der Waals surface area contributed by atoms with Gasteiger partial charge >= 0.3 is 0 Å². The van der Waals surface area contributed by atoms with Crippen LogP contribution in [0.3, 0.4) is 0 Å². The minimum absolute atomic E-state index is 0.0546. The lowest BCUT2D eigenvalue weighted by Crippen LogP contribution is -2.29. The smallest absolute Gasteiger partial charge is 0.259 e. The molecule has 1 saturated carbocycles. The van der Waals surface area contributed by atoms with Gasteiger partial charge in [0.2, 0.25) is 5.88 Å². The van der Waals surface area contributed by atoms with Crippen molar-refractivity contribution in [2.45, 2.75) is 44.8 Å². The summed E-state index contributed by atoms with van der Waals surface area (Å²) in [5.41, 5.74) is 6.97. The Morgan fingerprint density at radius 2 is 2.10 bits per heavy atom. The molecule has 152 valence electrons. The van der Waals surface area contributed by atoms with Crippen molar-refractivity contribution in [3.8, 4) is 5.88 Å². The third kappa shape index (κ3) is 4.01. The van der Waals surface area contributed by atoms with Gasteiger partial charge in [0, 0.05) is 19.7 Å². The van der Waals surface area contributed by atoms with Gasteiger partial charge in [-0.05, 0) is 43.9 Å². The molecule has 3 N–H and O–H groups in total. The van der Waals surface area contributed by atoms with Crippen LogP contribution in [-0.4, -0.2) is 40.2 Å². The van der Waals surface area contributed by atoms with Gasteiger partial charge in [-0.1, -0.05) is 0 Å². The second-order valence-corrected chi connectivity index (χ2v) is 8.07. The molecule has 1 aliphatic rings. The number of amides is 1. The van der Waals surface area contributed by atoms with E-state index in [4.69, 9.17) is 15.2 Å². The molecule has 1 aliphatic carbocycles. The van der Waals surface area contributed by atoms with E-state index >= 15 is 0 Å². The minimum atomic E-state index is -0.466. The number of primary amides is 1. The second-order valence-electron chi connectivity index (χ2n) is 7.07. The molecule has 1 amide bonds. The van der Waals surface area contributed by atoms with Crippen molar-refractivity contribution in [1.29, 1.82) is 0 Å². The summed E-state index contributed by atoms with van der Waals surface area (Å²) in [4.78, 5) is 26.0. The van der Waals surface area contributed by atoms with Crippen LogP contribution < -0.4 is 15.8 Å². The molecule has 0 saturated heterocycles. The maximum absolute atomic E-state index is 11.7. The van der Waals surface area contributed by atoms with Crippen LogP contribution in [0.1, 0.15) is 40.9 Å². The summed E-state index contributed by atoms with van der Waals surface area (Å²) in [5.74, 6) is 0.642. The molecule has 3 aromatic rings. The highest BCUT2D eigenvalue weighted by molar-refractivity contribution is 7.20. The highest BCUT2D eigenvalue weighted by Crippen LogP contribution is 2.36. The van der Waals surface area contributed by atoms with Crippen LogP contribution in [0.5, 0.6) is 5.88 Å². The van der Waals surface area contributed by atoms with Gasteiger partial charge in [-0.15, -0.1) is 11.3 Å². The molecule has 9 heteroatoms. The van der Waals surface area contributed by atoms with Gasteiger partial charge in [0.1, 0.15) is 28.8 Å². The Morgan fingerprint density at radius 1 is 1.28 bits per heavy atom. The maximum atomic E-state index is 11.7. The van der Waals surface area contributed by atoms with Crippen LogP contribution in [0.2, 0.25) is 0 Å². The van der Waals surface area contributed by atoms with Crippen molar-refractivity contribution in [3.63, 3.8) is 0 Å². The Labute approximate surface area is 172 Å². The van der Waals surface area contributed by atoms with Gasteiger partial charge in [-0.25, -0.2) is 15.0 Å². The third-order valence-corrected chi connectivity index (χ3v) is 6.38. The van der Waals surface area contributed by atoms with Crippen LogP contribution in [0.25, 0.3) is 10.2 Å². The summed E-state index contributed by atoms with van der Waals surface area (Å²) >= 11 is 1.27. The predicted molar refractivity (Wildman–Crippen MR) is 112 cm³/mol. The van der Waals surface area contributed by atoms with Crippen molar-refractivity contribution in [2.24, 2.45) is 5.73 Å². The Morgan fingerprint density at radius 3 is 2.90 bits per heavy atom. The van der Waals surface area contributed by atoms with Gasteiger partial charge in [-0.2, -0.15) is 0 Å². The Kier molecular flexibility index (Phi) is 5.59. The van der Waals surface area contributed by atoms with E-state index in [1.165, 1.54) is 17.7 Å². The Balaban J connectivity index is 1.63. The first-order valence-electron chi connectivity index (χ1n) is 9.52. The fourth-order valence-corrected chi connectivity index (χ4v) is 4.69. The first-order valence-corrected chi connectivity index (χ1v) is 10.3. The lowest BCUT2D eigenvalue weighted by atomic mass is 9.95. The lowest BCUT2D eigenvalue weighted by molar-refractivity contribution is 0.0198. The zero-order valence-electron chi connectivity index (χ0n) is 16.3. The normalized spacial score (nSPS) is 19.2. The quantitative estimate of drug-likeness (QED) is 0.635. The number of pyridine rings is 1. The number of rotatable bonds is 6. The number of fused-ring (bicyclic) bond motifs is 1. The first-order chi connectivity index (χ1) is 14.1. The number of nitrogens with two attached hydrogens (primary N) is 1. The number of carbonyl (C=O) groups is 1. The second kappa shape index (κ2) is 8.30. The molecule has 0 aliphatic heterocycles. The van der Waals surface area contributed by atoms with Crippen LogP contribution in [-0.2, 0) is 4.74 Å². The fourth-order valence-electron chi connectivity index (χ4n) is 3.69. The van der Waals surface area contributed by atoms with Crippen LogP contribution >= 0.6 is 11.3 Å². The molecule has 29 heavy (non-hydrogen) atoms. The third-order valence-electron chi connectivity index (χ3n) is 5.16. The van der Waals surface area contributed by atoms with Gasteiger partial charge in [0.05, 0.1) is 16.4 Å². The van der Waals surface area contributed by atoms with E-state index in [0.29, 0.717) is 27.1 Å². The average Bonchev–Trinajstić information content (AvgIpc) is 3.07. The maximum Gasteiger partial charge on any atom is 0.259 e. The van der Waals surface area contributed by atoms with E-state index in [2.05, 4.69) is 20.3 Å². The summed E-state index contributed by atoms with van der Waals surface area (Å²) in [6.07, 6.45) is 7.38. The van der Waals surface area contributed by atoms with Gasteiger partial charge in [-0.3, -0.25) is 4.79 Å². The van der Waals surface area contributed by atoms with Gasteiger partial charge in [0.15, 0.2) is 0 Å². The number of thiophene rings is 1. The molecule has 4 rings (SSSR count). The number of hydrogen-bond donors (Lipinski definition) is 2. The molecule has 1 fully saturated rings. The Bertz CT molecular complexity index is 1040. The van der Waals surface area contributed by atoms with Gasteiger partial charge in [0.25, 0.3) is 5.91 Å². The highest BCUT2D eigenvalue weighted by Gasteiger charge is 2.25. The zero-order chi connectivity index (χ0) is 20.4. The zero-order valence-corrected chi connectivity index (χ0v) is 17.2. The van der Waals surface area contributed by atoms with Crippen LogP contribution in [0.15, 0.2) is 24.7 Å². The number of carbonyl (C=O) groups excluding carboxylic acids is 1. The SMILES string of the molecule is COC1CCCC(Oc2ncccc2Nc2ncnc3sc(C(N)=O)c(C)c23)C1. The lowest BCUT2D eigenvalue weighted by Gasteiger charge is -2.28. The van der Waals surface area contributed by atoms with Crippen molar-refractivity contribution >= 4 is 39.0 Å². The van der Waals surface area contributed by atoms with E-state index in [-0.39, 0.29) is 12.2 Å². The number of methoxy groups -OCH3 is 1. The van der Waals surface area contributed by atoms with E-state index in [9.17, 15) is 4.79 Å². The van der Waals surface area contributed by atoms with E-state index < -0.39 is 5.91 Å². The number of nitrogens with zero attached hydrogens (tertiary/aromatic N) is 3. The molecule has 3 heterocycles.